The van der Waals surface area contributed by atoms with E-state index in [1.165, 1.54) is 6.07 Å². The van der Waals surface area contributed by atoms with Gasteiger partial charge in [0.1, 0.15) is 11.3 Å². The van der Waals surface area contributed by atoms with E-state index in [1.54, 1.807) is 31.5 Å². The van der Waals surface area contributed by atoms with Crippen LogP contribution in [0.15, 0.2) is 58.0 Å². The minimum atomic E-state index is -0.852. The molecule has 1 amide bonds. The van der Waals surface area contributed by atoms with Gasteiger partial charge in [-0.25, -0.2) is 4.98 Å². The zero-order valence-corrected chi connectivity index (χ0v) is 17.8. The number of hydrogen-bond acceptors (Lipinski definition) is 6. The van der Waals surface area contributed by atoms with E-state index < -0.39 is 17.9 Å². The van der Waals surface area contributed by atoms with Crippen LogP contribution in [0.2, 0.25) is 0 Å². The first kappa shape index (κ1) is 21.2. The number of halogens is 1. The molecular weight excluding hydrogens is 411 g/mol. The second-order valence-electron chi connectivity index (χ2n) is 7.62. The van der Waals surface area contributed by atoms with Crippen LogP contribution in [0.5, 0.6) is 0 Å². The highest BCUT2D eigenvalue weighted by molar-refractivity contribution is 5.96. The summed E-state index contributed by atoms with van der Waals surface area (Å²) in [5.41, 5.74) is 8.46. The average Bonchev–Trinajstić information content (AvgIpc) is 2.77. The maximum Gasteiger partial charge on any atom is 0.269 e. The maximum absolute atomic E-state index is 13.5. The Morgan fingerprint density at radius 3 is 2.69 bits per heavy atom. The molecule has 3 heterocycles. The molecule has 4 aromatic rings. The third kappa shape index (κ3) is 3.82. The SMILES string of the molecule is Cc1cc([C@@H](C)Nc2ccc(F)nc2C(N)=O)c2oc(-c3cccnc3)c(C)c(=O)c2c1. The zero-order valence-electron chi connectivity index (χ0n) is 17.8. The predicted molar refractivity (Wildman–Crippen MR) is 120 cm³/mol. The largest absolute Gasteiger partial charge is 0.455 e. The first-order valence-electron chi connectivity index (χ1n) is 9.97. The summed E-state index contributed by atoms with van der Waals surface area (Å²) >= 11 is 0. The topological polar surface area (TPSA) is 111 Å². The molecule has 32 heavy (non-hydrogen) atoms. The number of anilines is 1. The van der Waals surface area contributed by atoms with Crippen molar-refractivity contribution in [1.82, 2.24) is 9.97 Å². The molecule has 1 aromatic carbocycles. The minimum absolute atomic E-state index is 0.136. The van der Waals surface area contributed by atoms with Gasteiger partial charge in [0.15, 0.2) is 11.1 Å². The molecule has 0 unspecified atom stereocenters. The van der Waals surface area contributed by atoms with Gasteiger partial charge < -0.3 is 15.5 Å². The number of nitrogens with one attached hydrogen (secondary N) is 1. The molecule has 0 saturated heterocycles. The van der Waals surface area contributed by atoms with Gasteiger partial charge in [0.25, 0.3) is 5.91 Å². The van der Waals surface area contributed by atoms with E-state index in [0.717, 1.165) is 11.6 Å². The number of aromatic nitrogens is 2. The maximum atomic E-state index is 13.5. The smallest absolute Gasteiger partial charge is 0.269 e. The fourth-order valence-corrected chi connectivity index (χ4v) is 3.71. The van der Waals surface area contributed by atoms with Crippen molar-refractivity contribution in [3.05, 3.63) is 87.3 Å². The van der Waals surface area contributed by atoms with E-state index in [1.807, 2.05) is 26.0 Å². The minimum Gasteiger partial charge on any atom is -0.455 e. The summed E-state index contributed by atoms with van der Waals surface area (Å²) < 4.78 is 19.8. The lowest BCUT2D eigenvalue weighted by Crippen LogP contribution is -2.19. The number of pyridine rings is 2. The molecule has 3 aromatic heterocycles. The van der Waals surface area contributed by atoms with Crippen LogP contribution in [-0.2, 0) is 0 Å². The highest BCUT2D eigenvalue weighted by atomic mass is 19.1. The number of benzene rings is 1. The molecule has 7 nitrogen and oxygen atoms in total. The normalized spacial score (nSPS) is 12.0. The zero-order chi connectivity index (χ0) is 23.0. The van der Waals surface area contributed by atoms with E-state index in [0.29, 0.717) is 33.4 Å². The number of nitrogens with zero attached hydrogens (tertiary/aromatic N) is 2. The number of hydrogen-bond donors (Lipinski definition) is 2. The van der Waals surface area contributed by atoms with Gasteiger partial charge >= 0.3 is 0 Å². The molecule has 0 aliphatic carbocycles. The van der Waals surface area contributed by atoms with Gasteiger partial charge in [0, 0.05) is 29.1 Å². The molecule has 8 heteroatoms. The van der Waals surface area contributed by atoms with Crippen LogP contribution in [0.25, 0.3) is 22.3 Å². The van der Waals surface area contributed by atoms with Gasteiger partial charge in [-0.2, -0.15) is 4.39 Å². The quantitative estimate of drug-likeness (QED) is 0.456. The summed E-state index contributed by atoms with van der Waals surface area (Å²) in [7, 11) is 0. The summed E-state index contributed by atoms with van der Waals surface area (Å²) in [6.45, 7) is 5.44. The second kappa shape index (κ2) is 8.22. The van der Waals surface area contributed by atoms with Crippen LogP contribution < -0.4 is 16.5 Å². The van der Waals surface area contributed by atoms with Crippen molar-refractivity contribution in [3.8, 4) is 11.3 Å². The number of carbonyl (C=O) groups is 1. The molecule has 4 rings (SSSR count). The molecule has 0 radical (unpaired) electrons. The number of primary amides is 1. The van der Waals surface area contributed by atoms with Crippen molar-refractivity contribution >= 4 is 22.6 Å². The van der Waals surface area contributed by atoms with E-state index in [2.05, 4.69) is 15.3 Å². The van der Waals surface area contributed by atoms with E-state index in [-0.39, 0.29) is 16.8 Å². The van der Waals surface area contributed by atoms with Crippen LogP contribution in [0, 0.1) is 19.8 Å². The molecule has 0 aliphatic rings. The summed E-state index contributed by atoms with van der Waals surface area (Å²) in [5, 5.41) is 3.59. The highest BCUT2D eigenvalue weighted by Crippen LogP contribution is 2.32. The Bertz CT molecular complexity index is 1400. The highest BCUT2D eigenvalue weighted by Gasteiger charge is 2.20. The van der Waals surface area contributed by atoms with Crippen LogP contribution in [0.1, 0.15) is 40.1 Å². The van der Waals surface area contributed by atoms with Gasteiger partial charge in [-0.15, -0.1) is 0 Å². The van der Waals surface area contributed by atoms with Gasteiger partial charge in [-0.3, -0.25) is 14.6 Å². The van der Waals surface area contributed by atoms with Gasteiger partial charge in [0.05, 0.1) is 17.1 Å². The van der Waals surface area contributed by atoms with E-state index in [9.17, 15) is 14.0 Å². The molecule has 0 bridgehead atoms. The lowest BCUT2D eigenvalue weighted by atomic mass is 9.99. The van der Waals surface area contributed by atoms with Crippen LogP contribution >= 0.6 is 0 Å². The molecule has 0 aliphatic heterocycles. The number of amides is 1. The van der Waals surface area contributed by atoms with Crippen molar-refractivity contribution in [2.24, 2.45) is 5.73 Å². The van der Waals surface area contributed by atoms with Crippen LogP contribution in [0.3, 0.4) is 0 Å². The molecule has 162 valence electrons. The Morgan fingerprint density at radius 2 is 2.00 bits per heavy atom. The Kier molecular flexibility index (Phi) is 5.44. The number of rotatable bonds is 5. The summed E-state index contributed by atoms with van der Waals surface area (Å²) in [6.07, 6.45) is 3.28. The predicted octanol–water partition coefficient (Wildman–Crippen LogP) is 4.28. The molecule has 0 fully saturated rings. The fraction of sp³-hybridized carbons (Fsp3) is 0.167. The van der Waals surface area contributed by atoms with Crippen LogP contribution in [-0.4, -0.2) is 15.9 Å². The third-order valence-electron chi connectivity index (χ3n) is 5.25. The monoisotopic (exact) mass is 432 g/mol. The van der Waals surface area contributed by atoms with Gasteiger partial charge in [0.2, 0.25) is 5.95 Å². The fourth-order valence-electron chi connectivity index (χ4n) is 3.71. The third-order valence-corrected chi connectivity index (χ3v) is 5.25. The van der Waals surface area contributed by atoms with Crippen molar-refractivity contribution in [2.75, 3.05) is 5.32 Å². The first-order chi connectivity index (χ1) is 15.3. The summed E-state index contributed by atoms with van der Waals surface area (Å²) in [5.74, 6) is -1.22. The number of carbonyl (C=O) groups excluding carboxylic acids is 1. The van der Waals surface area contributed by atoms with Gasteiger partial charge in [-0.1, -0.05) is 6.07 Å². The van der Waals surface area contributed by atoms with Crippen molar-refractivity contribution in [2.45, 2.75) is 26.8 Å². The Hall–Kier alpha value is -4.07. The molecule has 3 N–H and O–H groups in total. The lowest BCUT2D eigenvalue weighted by Gasteiger charge is -2.19. The Labute approximate surface area is 183 Å². The van der Waals surface area contributed by atoms with Crippen molar-refractivity contribution in [3.63, 3.8) is 0 Å². The summed E-state index contributed by atoms with van der Waals surface area (Å²) in [6, 6.07) is 9.39. The Morgan fingerprint density at radius 1 is 1.22 bits per heavy atom. The van der Waals surface area contributed by atoms with E-state index >= 15 is 0 Å². The number of nitrogens with two attached hydrogens (primary N) is 1. The molecule has 1 atom stereocenters. The van der Waals surface area contributed by atoms with E-state index in [4.69, 9.17) is 10.2 Å². The first-order valence-corrected chi connectivity index (χ1v) is 9.97. The number of fused-ring (bicyclic) bond motifs is 1. The molecular formula is C24H21FN4O3. The molecule has 0 saturated carbocycles. The van der Waals surface area contributed by atoms with Crippen molar-refractivity contribution < 1.29 is 13.6 Å². The second-order valence-corrected chi connectivity index (χ2v) is 7.62. The Balaban J connectivity index is 1.88. The average molecular weight is 432 g/mol. The van der Waals surface area contributed by atoms with Gasteiger partial charge in [-0.05, 0) is 56.7 Å². The molecule has 0 spiro atoms. The van der Waals surface area contributed by atoms with Crippen molar-refractivity contribution in [1.29, 1.82) is 0 Å². The summed E-state index contributed by atoms with van der Waals surface area (Å²) in [4.78, 5) is 32.6. The lowest BCUT2D eigenvalue weighted by molar-refractivity contribution is 0.0995. The number of aryl methyl sites for hydroxylation is 1. The van der Waals surface area contributed by atoms with Crippen LogP contribution in [0.4, 0.5) is 10.1 Å². The standard InChI is InChI=1S/C24H21FN4O3/c1-12-9-16(14(3)28-18-6-7-19(25)29-20(18)24(26)31)23-17(10-12)21(30)13(2)22(32-23)15-5-4-8-27-11-15/h4-11,14,28H,1-3H3,(H2,26,31)/t14-/m1/s1.